The molecule has 0 unspecified atom stereocenters. The minimum Gasteiger partial charge on any atom is -0.443 e. The number of aliphatic hydroxyl groups is 1. The molecule has 8 heteroatoms. The number of hydrogen-bond acceptors (Lipinski definition) is 6. The number of rotatable bonds is 9. The van der Waals surface area contributed by atoms with Gasteiger partial charge in [0.2, 0.25) is 11.8 Å². The molecule has 1 aromatic heterocycles. The van der Waals surface area contributed by atoms with Crippen LogP contribution in [0.5, 0.6) is 0 Å². The average molecular weight is 381 g/mol. The molecular formula is C19H31N3O5. The quantitative estimate of drug-likeness (QED) is 0.446. The number of unbranched alkanes of at least 4 members (excludes halogenated alkanes) is 1. The van der Waals surface area contributed by atoms with Gasteiger partial charge >= 0.3 is 0 Å². The predicted molar refractivity (Wildman–Crippen MR) is 97.7 cm³/mol. The van der Waals surface area contributed by atoms with Crippen LogP contribution in [0.3, 0.4) is 0 Å². The number of nitrogens with one attached hydrogen (secondary N) is 1. The van der Waals surface area contributed by atoms with Crippen LogP contribution in [0.1, 0.15) is 70.6 Å². The highest BCUT2D eigenvalue weighted by atomic mass is 16.5. The summed E-state index contributed by atoms with van der Waals surface area (Å²) in [5.41, 5.74) is 1.44. The fraction of sp³-hybridized carbons (Fsp3) is 0.737. The lowest BCUT2D eigenvalue weighted by Gasteiger charge is -2.29. The first-order valence-electron chi connectivity index (χ1n) is 9.76. The Morgan fingerprint density at radius 1 is 1.44 bits per heavy atom. The lowest BCUT2D eigenvalue weighted by molar-refractivity contribution is -0.151. The van der Waals surface area contributed by atoms with E-state index in [1.165, 1.54) is 5.48 Å². The first kappa shape index (κ1) is 21.4. The number of likely N-dealkylation sites (tertiary alicyclic amines) is 1. The SMILES string of the molecule is CCCC[C@@H](C(=O)N1CCC[C@H]1c1ncc(CC(C)C)o1)[C@H](O)C(=O)NO. The molecule has 0 saturated carbocycles. The highest BCUT2D eigenvalue weighted by Gasteiger charge is 2.40. The Kier molecular flexibility index (Phi) is 7.79. The van der Waals surface area contributed by atoms with Crippen LogP contribution >= 0.6 is 0 Å². The molecule has 3 N–H and O–H groups in total. The van der Waals surface area contributed by atoms with E-state index in [1.54, 1.807) is 11.1 Å². The number of aliphatic hydroxyl groups excluding tert-OH is 1. The van der Waals surface area contributed by atoms with Gasteiger partial charge in [-0.15, -0.1) is 0 Å². The normalized spacial score (nSPS) is 19.3. The lowest BCUT2D eigenvalue weighted by atomic mass is 9.93. The second kappa shape index (κ2) is 9.85. The van der Waals surface area contributed by atoms with Crippen molar-refractivity contribution >= 4 is 11.8 Å². The van der Waals surface area contributed by atoms with E-state index in [-0.39, 0.29) is 11.9 Å². The van der Waals surface area contributed by atoms with E-state index in [0.717, 1.165) is 31.4 Å². The van der Waals surface area contributed by atoms with Gasteiger partial charge in [0.25, 0.3) is 5.91 Å². The molecule has 0 aromatic carbocycles. The van der Waals surface area contributed by atoms with Crippen molar-refractivity contribution in [3.8, 4) is 0 Å². The highest BCUT2D eigenvalue weighted by molar-refractivity contribution is 5.89. The molecule has 1 fully saturated rings. The Bertz CT molecular complexity index is 631. The van der Waals surface area contributed by atoms with Crippen LogP contribution in [0, 0.1) is 11.8 Å². The Morgan fingerprint density at radius 3 is 2.81 bits per heavy atom. The number of carbonyl (C=O) groups excluding carboxylic acids is 2. The molecule has 0 aliphatic carbocycles. The molecule has 2 heterocycles. The van der Waals surface area contributed by atoms with E-state index in [0.29, 0.717) is 31.2 Å². The molecular weight excluding hydrogens is 350 g/mol. The van der Waals surface area contributed by atoms with Crippen LogP contribution < -0.4 is 5.48 Å². The standard InChI is InChI=1S/C19H31N3O5/c1-4-5-7-14(16(23)17(24)21-26)19(25)22-9-6-8-15(22)18-20-11-13(27-18)10-12(2)3/h11-12,14-16,23,26H,4-10H2,1-3H3,(H,21,24)/t14-,15+,16+/m1/s1. The summed E-state index contributed by atoms with van der Waals surface area (Å²) in [7, 11) is 0. The van der Waals surface area contributed by atoms with Crippen molar-refractivity contribution in [2.24, 2.45) is 11.8 Å². The minimum atomic E-state index is -1.59. The van der Waals surface area contributed by atoms with Crippen molar-refractivity contribution in [3.63, 3.8) is 0 Å². The summed E-state index contributed by atoms with van der Waals surface area (Å²) in [4.78, 5) is 30.8. The van der Waals surface area contributed by atoms with E-state index in [9.17, 15) is 14.7 Å². The third kappa shape index (κ3) is 5.29. The number of carbonyl (C=O) groups is 2. The average Bonchev–Trinajstić information content (AvgIpc) is 3.29. The molecule has 1 aliphatic rings. The summed E-state index contributed by atoms with van der Waals surface area (Å²) in [6, 6.07) is -0.285. The smallest absolute Gasteiger partial charge is 0.272 e. The van der Waals surface area contributed by atoms with Crippen LogP contribution in [0.4, 0.5) is 0 Å². The topological polar surface area (TPSA) is 116 Å². The van der Waals surface area contributed by atoms with Crippen molar-refractivity contribution in [2.75, 3.05) is 6.54 Å². The summed E-state index contributed by atoms with van der Waals surface area (Å²) in [6.45, 7) is 6.70. The van der Waals surface area contributed by atoms with Crippen molar-refractivity contribution in [1.29, 1.82) is 0 Å². The number of aromatic nitrogens is 1. The number of hydroxylamine groups is 1. The van der Waals surface area contributed by atoms with Crippen molar-refractivity contribution in [1.82, 2.24) is 15.4 Å². The monoisotopic (exact) mass is 381 g/mol. The van der Waals surface area contributed by atoms with Gasteiger partial charge in [-0.05, 0) is 25.2 Å². The summed E-state index contributed by atoms with van der Waals surface area (Å²) >= 11 is 0. The molecule has 0 bridgehead atoms. The molecule has 27 heavy (non-hydrogen) atoms. The molecule has 0 spiro atoms. The van der Waals surface area contributed by atoms with Gasteiger partial charge in [-0.25, -0.2) is 10.5 Å². The molecule has 2 rings (SSSR count). The zero-order chi connectivity index (χ0) is 20.0. The number of nitrogens with zero attached hydrogens (tertiary/aromatic N) is 2. The van der Waals surface area contributed by atoms with Crippen LogP contribution in [0.15, 0.2) is 10.6 Å². The molecule has 2 amide bonds. The summed E-state index contributed by atoms with van der Waals surface area (Å²) < 4.78 is 5.86. The fourth-order valence-corrected chi connectivity index (χ4v) is 3.56. The summed E-state index contributed by atoms with van der Waals surface area (Å²) in [5.74, 6) is -0.421. The Labute approximate surface area is 159 Å². The molecule has 1 aliphatic heterocycles. The van der Waals surface area contributed by atoms with Crippen LogP contribution in [0.2, 0.25) is 0 Å². The van der Waals surface area contributed by atoms with E-state index < -0.39 is 17.9 Å². The Morgan fingerprint density at radius 2 is 2.19 bits per heavy atom. The second-order valence-electron chi connectivity index (χ2n) is 7.62. The van der Waals surface area contributed by atoms with Gasteiger partial charge in [-0.3, -0.25) is 14.8 Å². The highest BCUT2D eigenvalue weighted by Crippen LogP contribution is 2.34. The van der Waals surface area contributed by atoms with Crippen LogP contribution in [0.25, 0.3) is 0 Å². The summed E-state index contributed by atoms with van der Waals surface area (Å²) in [5, 5.41) is 19.1. The zero-order valence-electron chi connectivity index (χ0n) is 16.4. The van der Waals surface area contributed by atoms with Gasteiger partial charge < -0.3 is 14.4 Å². The molecule has 1 aromatic rings. The summed E-state index contributed by atoms with van der Waals surface area (Å²) in [6.07, 6.45) is 4.34. The first-order valence-corrected chi connectivity index (χ1v) is 9.76. The van der Waals surface area contributed by atoms with E-state index in [2.05, 4.69) is 18.8 Å². The van der Waals surface area contributed by atoms with Crippen LogP contribution in [-0.4, -0.2) is 44.7 Å². The molecule has 152 valence electrons. The lowest BCUT2D eigenvalue weighted by Crippen LogP contribution is -2.46. The predicted octanol–water partition coefficient (Wildman–Crippen LogP) is 2.21. The number of amides is 2. The van der Waals surface area contributed by atoms with Crippen molar-refractivity contribution in [3.05, 3.63) is 17.8 Å². The third-order valence-electron chi connectivity index (χ3n) is 4.95. The zero-order valence-corrected chi connectivity index (χ0v) is 16.4. The third-order valence-corrected chi connectivity index (χ3v) is 4.95. The maximum absolute atomic E-state index is 13.1. The molecule has 1 saturated heterocycles. The van der Waals surface area contributed by atoms with E-state index in [1.807, 2.05) is 6.92 Å². The van der Waals surface area contributed by atoms with E-state index >= 15 is 0 Å². The van der Waals surface area contributed by atoms with Gasteiger partial charge in [0.05, 0.1) is 12.1 Å². The van der Waals surface area contributed by atoms with Gasteiger partial charge in [-0.2, -0.15) is 0 Å². The molecule has 0 radical (unpaired) electrons. The maximum Gasteiger partial charge on any atom is 0.272 e. The van der Waals surface area contributed by atoms with Gasteiger partial charge in [0.15, 0.2) is 0 Å². The number of oxazole rings is 1. The van der Waals surface area contributed by atoms with Crippen molar-refractivity contribution in [2.45, 2.75) is 71.4 Å². The van der Waals surface area contributed by atoms with E-state index in [4.69, 9.17) is 9.62 Å². The van der Waals surface area contributed by atoms with Crippen LogP contribution in [-0.2, 0) is 16.0 Å². The van der Waals surface area contributed by atoms with Gasteiger partial charge in [0.1, 0.15) is 17.9 Å². The largest absolute Gasteiger partial charge is 0.443 e. The maximum atomic E-state index is 13.1. The van der Waals surface area contributed by atoms with Gasteiger partial charge in [-0.1, -0.05) is 33.6 Å². The number of hydrogen-bond donors (Lipinski definition) is 3. The first-order chi connectivity index (χ1) is 12.9. The Balaban J connectivity index is 2.17. The molecule has 3 atom stereocenters. The second-order valence-corrected chi connectivity index (χ2v) is 7.62. The Hall–Kier alpha value is -1.93. The molecule has 8 nitrogen and oxygen atoms in total. The minimum absolute atomic E-state index is 0.285. The fourth-order valence-electron chi connectivity index (χ4n) is 3.56. The van der Waals surface area contributed by atoms with Gasteiger partial charge in [0, 0.05) is 13.0 Å². The van der Waals surface area contributed by atoms with Crippen molar-refractivity contribution < 1.29 is 24.3 Å².